The van der Waals surface area contributed by atoms with Crippen LogP contribution >= 0.6 is 24.8 Å². The van der Waals surface area contributed by atoms with Crippen molar-refractivity contribution in [3.8, 4) is 18.2 Å². The van der Waals surface area contributed by atoms with E-state index >= 15 is 0 Å². The van der Waals surface area contributed by atoms with Gasteiger partial charge in [0.25, 0.3) is 0 Å². The van der Waals surface area contributed by atoms with E-state index in [2.05, 4.69) is 61.9 Å². The van der Waals surface area contributed by atoms with Crippen LogP contribution in [0.15, 0.2) is 0 Å². The lowest BCUT2D eigenvalue weighted by atomic mass is 10.0. The highest BCUT2D eigenvalue weighted by atomic mass is 35.5. The van der Waals surface area contributed by atoms with Crippen LogP contribution in [0.1, 0.15) is 264 Å². The smallest absolute Gasteiger partial charge is 0.237 e. The summed E-state index contributed by atoms with van der Waals surface area (Å²) in [7, 11) is 0. The highest BCUT2D eigenvalue weighted by Gasteiger charge is 2.55. The van der Waals surface area contributed by atoms with Gasteiger partial charge in [0.1, 0.15) is 23.9 Å². The summed E-state index contributed by atoms with van der Waals surface area (Å²) in [5.41, 5.74) is 0. The Bertz CT molecular complexity index is 2690. The van der Waals surface area contributed by atoms with E-state index in [1.165, 1.54) is 89.9 Å². The first-order valence-corrected chi connectivity index (χ1v) is 42.6. The van der Waals surface area contributed by atoms with Crippen molar-refractivity contribution < 1.29 is 66.9 Å². The van der Waals surface area contributed by atoms with Crippen LogP contribution in [0, 0.1) is 105 Å². The van der Waals surface area contributed by atoms with Crippen LogP contribution in [0.5, 0.6) is 0 Å². The summed E-state index contributed by atoms with van der Waals surface area (Å²) in [5, 5.41) is 47.0. The third-order valence-corrected chi connectivity index (χ3v) is 28.0. The fraction of sp³-hybridized carbons (Fsp3) is 0.920. The highest BCUT2D eigenvalue weighted by Crippen LogP contribution is 2.54. The normalized spacial score (nSPS) is 37.2. The van der Waals surface area contributed by atoms with Crippen molar-refractivity contribution in [1.29, 1.82) is 15.8 Å². The maximum absolute atomic E-state index is 12.2. The number of aliphatic hydroxyl groups is 1. The van der Waals surface area contributed by atoms with Crippen LogP contribution in [0.3, 0.4) is 0 Å². The van der Waals surface area contributed by atoms with Gasteiger partial charge in [-0.25, -0.2) is 0 Å². The molecule has 5 saturated heterocycles. The van der Waals surface area contributed by atoms with Gasteiger partial charge in [-0.2, -0.15) is 15.8 Å². The van der Waals surface area contributed by atoms with Crippen molar-refractivity contribution in [2.75, 3.05) is 98.7 Å². The average molecular weight is 1630 g/mol. The van der Waals surface area contributed by atoms with Gasteiger partial charge in [0, 0.05) is 109 Å². The molecular weight excluding hydrogens is 1480 g/mol. The number of carbonyl (C=O) groups excluding carboxylic acids is 4. The molecule has 650 valence electrons. The summed E-state index contributed by atoms with van der Waals surface area (Å²) >= 11 is 0. The number of carbonyl (C=O) groups is 4. The van der Waals surface area contributed by atoms with E-state index in [0.29, 0.717) is 97.7 Å². The van der Waals surface area contributed by atoms with Crippen LogP contribution in [0.4, 0.5) is 0 Å². The monoisotopic (exact) mass is 1630 g/mol. The van der Waals surface area contributed by atoms with Crippen molar-refractivity contribution in [2.24, 2.45) is 71.0 Å². The molecule has 0 radical (unpaired) electrons. The molecule has 113 heavy (non-hydrogen) atoms. The minimum atomic E-state index is -0.241. The van der Waals surface area contributed by atoms with E-state index in [4.69, 9.17) is 58.4 Å². The van der Waals surface area contributed by atoms with Gasteiger partial charge >= 0.3 is 0 Å². The third kappa shape index (κ3) is 26.3. The number of nitriles is 3. The van der Waals surface area contributed by atoms with Gasteiger partial charge in [0.05, 0.1) is 101 Å². The van der Waals surface area contributed by atoms with Gasteiger partial charge in [0.15, 0.2) is 11.6 Å². The van der Waals surface area contributed by atoms with E-state index in [1.807, 2.05) is 6.92 Å². The van der Waals surface area contributed by atoms with Crippen LogP contribution < -0.4 is 16.0 Å². The zero-order valence-corrected chi connectivity index (χ0v) is 67.6. The minimum absolute atomic E-state index is 0. The predicted molar refractivity (Wildman–Crippen MR) is 445 cm³/mol. The summed E-state index contributed by atoms with van der Waals surface area (Å²) in [6.07, 6.45) is 34.3. The Balaban J connectivity index is 0.000000242. The SMILES string of the molecule is C.C.C.C.C.CCOC1C[C@@H]2CC3(C[C@@H]2C1)OCCO3.CCOC1C[C@H]2CC(=O)C[C@H]2C1.CCOC1C[C@H]2CC(NCC(=O)N3CCC[C@H]3C#N)C[C@H]2C1.CCOC1C[C@H]2CC(NCC(=O)N3CCC[C@H]3C#N)C[C@H]2C1.CCOC1C[C@H]2CC(NCC(=O)N3CCC[C@H]3C#N)C[C@H]2C1.Cl.Cl.OC1C[C@@H]2CC3(C[C@@H]2C1)OCCO3. The lowest BCUT2D eigenvalue weighted by Crippen LogP contribution is -2.43. The fourth-order valence-electron chi connectivity index (χ4n) is 23.5. The Labute approximate surface area is 694 Å². The summed E-state index contributed by atoms with van der Waals surface area (Å²) in [4.78, 5) is 53.1. The van der Waals surface area contributed by atoms with Gasteiger partial charge in [0.2, 0.25) is 17.7 Å². The van der Waals surface area contributed by atoms with Crippen molar-refractivity contribution in [1.82, 2.24) is 30.7 Å². The molecule has 2 spiro atoms. The Hall–Kier alpha value is -3.39. The zero-order chi connectivity index (χ0) is 74.3. The molecule has 4 N–H and O–H groups in total. The molecular formula is C88H155Cl2N9O14. The largest absolute Gasteiger partial charge is 0.393 e. The van der Waals surface area contributed by atoms with E-state index in [9.17, 15) is 24.3 Å². The first kappa shape index (κ1) is 100. The lowest BCUT2D eigenvalue weighted by molar-refractivity contribution is -0.157. The quantitative estimate of drug-likeness (QED) is 0.0934. The second-order valence-corrected chi connectivity index (χ2v) is 34.7. The molecule has 25 heteroatoms. The highest BCUT2D eigenvalue weighted by molar-refractivity contribution is 5.86. The molecule has 9 unspecified atom stereocenters. The molecule has 17 aliphatic rings. The number of aliphatic hydroxyl groups excluding tert-OH is 1. The van der Waals surface area contributed by atoms with Crippen LogP contribution in [0.2, 0.25) is 0 Å². The standard InChI is InChI=1S/3C17H27N3O2.C12H20O3.C10H16O3.C10H16O2.5CH4.2ClH/c3*1-2-22-16-8-12-6-14(7-13(12)9-16)19-11-17(21)20-5-3-4-15(20)10-18;1-2-13-11-5-9-7-12(8-10(9)6-11)14-3-4-15-12;11-9-3-7-5-10(6-8(7)4-9)12-1-2-13-10;1-2-12-10-5-7-3-9(11)4-8(7)6-10;;;;;;;/h3*12-16,19H,2-9,11H2,1H3;9-11H,2-8H2,1H3;7-9,11H,1-6H2;7-8,10H,2-6H2,1H3;5*1H4;2*1H/t3*12-,13+,14?,15-,16?;9-,10+,11?;7-,8+,9?;7-,8+,10?;;;;;;;/m000........../s1. The molecule has 5 heterocycles. The molecule has 0 bridgehead atoms. The first-order valence-electron chi connectivity index (χ1n) is 42.6. The second-order valence-electron chi connectivity index (χ2n) is 34.7. The van der Waals surface area contributed by atoms with E-state index in [-0.39, 0.29) is 115 Å². The van der Waals surface area contributed by atoms with E-state index in [1.54, 1.807) is 14.7 Å². The molecule has 3 amide bonds. The number of amides is 3. The molecule has 24 atom stereocenters. The van der Waals surface area contributed by atoms with Crippen LogP contribution in [0.25, 0.3) is 0 Å². The van der Waals surface area contributed by atoms with Gasteiger partial charge in [-0.15, -0.1) is 24.8 Å². The minimum Gasteiger partial charge on any atom is -0.393 e. The van der Waals surface area contributed by atoms with Gasteiger partial charge < -0.3 is 78.4 Å². The van der Waals surface area contributed by atoms with Crippen molar-refractivity contribution in [3.05, 3.63) is 0 Å². The van der Waals surface area contributed by atoms with Crippen LogP contribution in [-0.4, -0.2) is 226 Å². The molecule has 23 nitrogen and oxygen atoms in total. The molecule has 12 saturated carbocycles. The lowest BCUT2D eigenvalue weighted by Gasteiger charge is -2.23. The Kier molecular flexibility index (Phi) is 42.7. The number of hydrogen-bond donors (Lipinski definition) is 4. The zero-order valence-electron chi connectivity index (χ0n) is 65.9. The Morgan fingerprint density at radius 3 is 0.858 bits per heavy atom. The summed E-state index contributed by atoms with van der Waals surface area (Å²) < 4.78 is 51.4. The Morgan fingerprint density at radius 1 is 0.389 bits per heavy atom. The number of halogens is 2. The van der Waals surface area contributed by atoms with Crippen LogP contribution in [-0.2, 0) is 61.8 Å². The molecule has 0 aromatic carbocycles. The number of likely N-dealkylation sites (tertiary alicyclic amines) is 3. The molecule has 5 aliphatic heterocycles. The number of nitrogens with one attached hydrogen (secondary N) is 3. The summed E-state index contributed by atoms with van der Waals surface area (Å²) in [6, 6.07) is 7.48. The number of ether oxygens (including phenoxy) is 9. The number of rotatable bonds is 19. The predicted octanol–water partition coefficient (Wildman–Crippen LogP) is 13.7. The second kappa shape index (κ2) is 48.2. The van der Waals surface area contributed by atoms with Gasteiger partial charge in [-0.3, -0.25) is 19.2 Å². The van der Waals surface area contributed by atoms with Gasteiger partial charge in [-0.1, -0.05) is 37.1 Å². The van der Waals surface area contributed by atoms with E-state index in [0.717, 1.165) is 229 Å². The number of nitrogens with zero attached hydrogens (tertiary/aromatic N) is 6. The number of ketones is 1. The first-order chi connectivity index (χ1) is 51.5. The molecule has 12 aliphatic carbocycles. The van der Waals surface area contributed by atoms with E-state index < -0.39 is 0 Å². The molecule has 17 rings (SSSR count). The summed E-state index contributed by atoms with van der Waals surface area (Å²) in [5.74, 6) is 9.09. The maximum Gasteiger partial charge on any atom is 0.237 e. The number of fused-ring (bicyclic) bond motifs is 6. The topological polar surface area (TPSA) is 289 Å². The molecule has 0 aromatic rings. The van der Waals surface area contributed by atoms with Gasteiger partial charge in [-0.05, 0) is 260 Å². The number of Topliss-reactive ketones (excluding diaryl/α,β-unsaturated/α-hetero) is 1. The van der Waals surface area contributed by atoms with Crippen molar-refractivity contribution in [3.63, 3.8) is 0 Å². The fourth-order valence-corrected chi connectivity index (χ4v) is 23.5. The number of hydrogen-bond acceptors (Lipinski definition) is 20. The molecule has 0 aromatic heterocycles. The average Bonchev–Trinajstić information content (AvgIpc) is 1.62. The third-order valence-electron chi connectivity index (χ3n) is 28.0. The summed E-state index contributed by atoms with van der Waals surface area (Å²) in [6.45, 7) is 20.9. The molecule has 17 fully saturated rings. The van der Waals surface area contributed by atoms with Crippen molar-refractivity contribution >= 4 is 48.3 Å². The Morgan fingerprint density at radius 2 is 0.619 bits per heavy atom. The maximum atomic E-state index is 12.2. The van der Waals surface area contributed by atoms with Crippen molar-refractivity contribution in [2.45, 2.75) is 349 Å².